The molecule has 5 nitrogen and oxygen atoms in total. The lowest BCUT2D eigenvalue weighted by molar-refractivity contribution is 0.222. The van der Waals surface area contributed by atoms with E-state index in [0.29, 0.717) is 24.3 Å². The molecule has 1 unspecified atom stereocenters. The molecule has 88 valence electrons. The maximum atomic E-state index is 11.8. The first-order valence-corrected chi connectivity index (χ1v) is 5.50. The van der Waals surface area contributed by atoms with Gasteiger partial charge in [0.05, 0.1) is 11.6 Å². The Morgan fingerprint density at radius 1 is 1.47 bits per heavy atom. The van der Waals surface area contributed by atoms with Gasteiger partial charge in [-0.25, -0.2) is 4.79 Å². The van der Waals surface area contributed by atoms with Crippen LogP contribution in [0, 0.1) is 11.3 Å². The van der Waals surface area contributed by atoms with E-state index in [-0.39, 0.29) is 12.1 Å². The second kappa shape index (κ2) is 4.85. The van der Waals surface area contributed by atoms with E-state index in [9.17, 15) is 4.79 Å². The van der Waals surface area contributed by atoms with Crippen LogP contribution in [0.3, 0.4) is 0 Å². The number of nitrogens with two attached hydrogens (primary N) is 1. The second-order valence-electron chi connectivity index (χ2n) is 4.11. The van der Waals surface area contributed by atoms with E-state index >= 15 is 0 Å². The number of anilines is 1. The molecule has 17 heavy (non-hydrogen) atoms. The summed E-state index contributed by atoms with van der Waals surface area (Å²) in [4.78, 5) is 13.5. The lowest BCUT2D eigenvalue weighted by atomic mass is 10.2. The Labute approximate surface area is 99.8 Å². The number of hydrogen-bond acceptors (Lipinski definition) is 3. The minimum absolute atomic E-state index is 0.0849. The van der Waals surface area contributed by atoms with E-state index in [1.54, 1.807) is 29.2 Å². The van der Waals surface area contributed by atoms with Crippen LogP contribution in [0.5, 0.6) is 0 Å². The minimum atomic E-state index is -0.136. The molecule has 1 fully saturated rings. The predicted octanol–water partition coefficient (Wildman–Crippen LogP) is 1.12. The number of nitriles is 1. The van der Waals surface area contributed by atoms with Crippen molar-refractivity contribution >= 4 is 11.7 Å². The number of carbonyl (C=O) groups excluding carboxylic acids is 1. The lowest BCUT2D eigenvalue weighted by Gasteiger charge is -2.16. The number of nitrogens with zero attached hydrogens (tertiary/aromatic N) is 2. The molecule has 5 heteroatoms. The molecule has 1 aliphatic rings. The van der Waals surface area contributed by atoms with Crippen LogP contribution in [0.2, 0.25) is 0 Å². The van der Waals surface area contributed by atoms with Crippen LogP contribution in [-0.4, -0.2) is 30.1 Å². The monoisotopic (exact) mass is 230 g/mol. The number of nitrogens with one attached hydrogen (secondary N) is 1. The highest BCUT2D eigenvalue weighted by Gasteiger charge is 2.23. The van der Waals surface area contributed by atoms with Crippen LogP contribution in [-0.2, 0) is 0 Å². The SMILES string of the molecule is N#Cc1ccc(NC(=O)N2CCC(N)C2)cc1. The summed E-state index contributed by atoms with van der Waals surface area (Å²) in [6.07, 6.45) is 0.848. The normalized spacial score (nSPS) is 18.8. The van der Waals surface area contributed by atoms with Crippen molar-refractivity contribution in [2.24, 2.45) is 5.73 Å². The van der Waals surface area contributed by atoms with Gasteiger partial charge in [-0.15, -0.1) is 0 Å². The van der Waals surface area contributed by atoms with Gasteiger partial charge >= 0.3 is 6.03 Å². The van der Waals surface area contributed by atoms with Gasteiger partial charge in [0.15, 0.2) is 0 Å². The van der Waals surface area contributed by atoms with Crippen LogP contribution >= 0.6 is 0 Å². The van der Waals surface area contributed by atoms with Gasteiger partial charge in [0, 0.05) is 24.8 Å². The van der Waals surface area contributed by atoms with Crippen LogP contribution in [0.25, 0.3) is 0 Å². The predicted molar refractivity (Wildman–Crippen MR) is 64.3 cm³/mol. The summed E-state index contributed by atoms with van der Waals surface area (Å²) in [5.41, 5.74) is 7.00. The molecule has 1 aromatic carbocycles. The van der Waals surface area contributed by atoms with Gasteiger partial charge in [0.25, 0.3) is 0 Å². The molecule has 2 amide bonds. The average molecular weight is 230 g/mol. The first-order valence-electron chi connectivity index (χ1n) is 5.50. The van der Waals surface area contributed by atoms with E-state index in [1.807, 2.05) is 6.07 Å². The summed E-state index contributed by atoms with van der Waals surface area (Å²) < 4.78 is 0. The van der Waals surface area contributed by atoms with E-state index in [2.05, 4.69) is 5.32 Å². The molecule has 0 bridgehead atoms. The summed E-state index contributed by atoms with van der Waals surface area (Å²) in [5.74, 6) is 0. The van der Waals surface area contributed by atoms with Crippen molar-refractivity contribution in [2.75, 3.05) is 18.4 Å². The maximum absolute atomic E-state index is 11.8. The van der Waals surface area contributed by atoms with E-state index in [1.165, 1.54) is 0 Å². The van der Waals surface area contributed by atoms with Gasteiger partial charge in [-0.2, -0.15) is 5.26 Å². The van der Waals surface area contributed by atoms with Crippen molar-refractivity contribution in [2.45, 2.75) is 12.5 Å². The number of amides is 2. The molecule has 1 atom stereocenters. The Morgan fingerprint density at radius 2 is 2.18 bits per heavy atom. The van der Waals surface area contributed by atoms with E-state index in [0.717, 1.165) is 6.42 Å². The number of carbonyl (C=O) groups is 1. The number of benzene rings is 1. The molecule has 1 aromatic rings. The molecule has 2 rings (SSSR count). The minimum Gasteiger partial charge on any atom is -0.326 e. The summed E-state index contributed by atoms with van der Waals surface area (Å²) in [6, 6.07) is 8.75. The van der Waals surface area contributed by atoms with Crippen molar-refractivity contribution in [3.63, 3.8) is 0 Å². The fourth-order valence-electron chi connectivity index (χ4n) is 1.80. The molecule has 1 heterocycles. The zero-order chi connectivity index (χ0) is 12.3. The van der Waals surface area contributed by atoms with Crippen LogP contribution in [0.4, 0.5) is 10.5 Å². The molecular formula is C12H14N4O. The van der Waals surface area contributed by atoms with Crippen LogP contribution in [0.15, 0.2) is 24.3 Å². The lowest BCUT2D eigenvalue weighted by Crippen LogP contribution is -2.35. The van der Waals surface area contributed by atoms with Gasteiger partial charge in [0.1, 0.15) is 0 Å². The van der Waals surface area contributed by atoms with Crippen LogP contribution < -0.4 is 11.1 Å². The standard InChI is InChI=1S/C12H14N4O/c13-7-9-1-3-11(4-2-9)15-12(17)16-6-5-10(14)8-16/h1-4,10H,5-6,8,14H2,(H,15,17). The van der Waals surface area contributed by atoms with Crippen molar-refractivity contribution in [1.82, 2.24) is 4.90 Å². The topological polar surface area (TPSA) is 82.2 Å². The molecule has 0 spiro atoms. The molecule has 0 radical (unpaired) electrons. The van der Waals surface area contributed by atoms with E-state index in [4.69, 9.17) is 11.0 Å². The van der Waals surface area contributed by atoms with Gasteiger partial charge in [-0.05, 0) is 30.7 Å². The maximum Gasteiger partial charge on any atom is 0.321 e. The fourth-order valence-corrected chi connectivity index (χ4v) is 1.80. The van der Waals surface area contributed by atoms with Gasteiger partial charge in [-0.1, -0.05) is 0 Å². The van der Waals surface area contributed by atoms with Crippen molar-refractivity contribution in [1.29, 1.82) is 5.26 Å². The number of likely N-dealkylation sites (tertiary alicyclic amines) is 1. The Balaban J connectivity index is 1.96. The summed E-state index contributed by atoms with van der Waals surface area (Å²) in [5, 5.41) is 11.4. The van der Waals surface area contributed by atoms with Gasteiger partial charge in [0.2, 0.25) is 0 Å². The third-order valence-electron chi connectivity index (χ3n) is 2.78. The Bertz CT molecular complexity index is 449. The zero-order valence-electron chi connectivity index (χ0n) is 9.39. The second-order valence-corrected chi connectivity index (χ2v) is 4.11. The van der Waals surface area contributed by atoms with Crippen molar-refractivity contribution in [3.05, 3.63) is 29.8 Å². The van der Waals surface area contributed by atoms with Crippen molar-refractivity contribution in [3.8, 4) is 6.07 Å². The van der Waals surface area contributed by atoms with Crippen LogP contribution in [0.1, 0.15) is 12.0 Å². The number of urea groups is 1. The first-order chi connectivity index (χ1) is 8.19. The van der Waals surface area contributed by atoms with Gasteiger partial charge < -0.3 is 16.0 Å². The Kier molecular flexibility index (Phi) is 3.26. The number of rotatable bonds is 1. The van der Waals surface area contributed by atoms with E-state index < -0.39 is 0 Å². The average Bonchev–Trinajstić information content (AvgIpc) is 2.77. The smallest absolute Gasteiger partial charge is 0.321 e. The fraction of sp³-hybridized carbons (Fsp3) is 0.333. The number of hydrogen-bond donors (Lipinski definition) is 2. The van der Waals surface area contributed by atoms with Gasteiger partial charge in [-0.3, -0.25) is 0 Å². The highest BCUT2D eigenvalue weighted by Crippen LogP contribution is 2.12. The zero-order valence-corrected chi connectivity index (χ0v) is 9.39. The molecular weight excluding hydrogens is 216 g/mol. The third kappa shape index (κ3) is 2.74. The first kappa shape index (κ1) is 11.4. The van der Waals surface area contributed by atoms with Crippen molar-refractivity contribution < 1.29 is 4.79 Å². The molecule has 0 aliphatic carbocycles. The quantitative estimate of drug-likeness (QED) is 0.758. The molecule has 1 aliphatic heterocycles. The molecule has 0 aromatic heterocycles. The largest absolute Gasteiger partial charge is 0.326 e. The highest BCUT2D eigenvalue weighted by molar-refractivity contribution is 5.89. The molecule has 0 saturated carbocycles. The highest BCUT2D eigenvalue weighted by atomic mass is 16.2. The summed E-state index contributed by atoms with van der Waals surface area (Å²) in [7, 11) is 0. The molecule has 1 saturated heterocycles. The third-order valence-corrected chi connectivity index (χ3v) is 2.78. The summed E-state index contributed by atoms with van der Waals surface area (Å²) >= 11 is 0. The Morgan fingerprint density at radius 3 is 2.71 bits per heavy atom. The molecule has 3 N–H and O–H groups in total. The summed E-state index contributed by atoms with van der Waals surface area (Å²) in [6.45, 7) is 1.30. The Hall–Kier alpha value is -2.06.